The molecule has 0 aliphatic heterocycles. The zero-order valence-electron chi connectivity index (χ0n) is 8.45. The first-order chi connectivity index (χ1) is 7.75. The van der Waals surface area contributed by atoms with Crippen LogP contribution >= 0.6 is 0 Å². The van der Waals surface area contributed by atoms with E-state index in [4.69, 9.17) is 5.11 Å². The number of rotatable bonds is 4. The van der Waals surface area contributed by atoms with Crippen LogP contribution in [-0.4, -0.2) is 31.1 Å². The molecule has 2 heterocycles. The molecule has 0 spiro atoms. The summed E-state index contributed by atoms with van der Waals surface area (Å²) in [6.07, 6.45) is 5.49. The first kappa shape index (κ1) is 10.3. The van der Waals surface area contributed by atoms with E-state index in [1.54, 1.807) is 29.3 Å². The molecule has 16 heavy (non-hydrogen) atoms. The molecule has 0 radical (unpaired) electrons. The zero-order valence-corrected chi connectivity index (χ0v) is 8.45. The molecule has 6 nitrogen and oxygen atoms in total. The predicted molar refractivity (Wildman–Crippen MR) is 55.1 cm³/mol. The molecule has 0 aliphatic carbocycles. The van der Waals surface area contributed by atoms with E-state index in [-0.39, 0.29) is 6.42 Å². The van der Waals surface area contributed by atoms with Gasteiger partial charge >= 0.3 is 5.97 Å². The van der Waals surface area contributed by atoms with Gasteiger partial charge in [0.15, 0.2) is 0 Å². The summed E-state index contributed by atoms with van der Waals surface area (Å²) in [6, 6.07) is 3.65. The van der Waals surface area contributed by atoms with Crippen molar-refractivity contribution in [2.45, 2.75) is 12.8 Å². The van der Waals surface area contributed by atoms with Crippen LogP contribution in [0.1, 0.15) is 12.1 Å². The number of aliphatic carboxylic acids is 1. The lowest BCUT2D eigenvalue weighted by molar-refractivity contribution is -0.136. The number of aryl methyl sites for hydroxylation is 1. The van der Waals surface area contributed by atoms with Crippen LogP contribution in [0.25, 0.3) is 5.69 Å². The van der Waals surface area contributed by atoms with Gasteiger partial charge in [0, 0.05) is 12.6 Å². The van der Waals surface area contributed by atoms with Crippen molar-refractivity contribution in [2.24, 2.45) is 0 Å². The molecule has 6 heteroatoms. The largest absolute Gasteiger partial charge is 0.481 e. The van der Waals surface area contributed by atoms with Gasteiger partial charge in [-0.1, -0.05) is 5.21 Å². The highest BCUT2D eigenvalue weighted by Gasteiger charge is 2.04. The molecule has 0 saturated carbocycles. The molecule has 1 N–H and O–H groups in total. The number of nitrogens with zero attached hydrogens (tertiary/aromatic N) is 4. The maximum Gasteiger partial charge on any atom is 0.303 e. The van der Waals surface area contributed by atoms with Crippen molar-refractivity contribution >= 4 is 5.97 Å². The summed E-state index contributed by atoms with van der Waals surface area (Å²) in [6.45, 7) is 0. The van der Waals surface area contributed by atoms with Crippen molar-refractivity contribution in [3.63, 3.8) is 0 Å². The number of aromatic nitrogens is 4. The van der Waals surface area contributed by atoms with Crippen molar-refractivity contribution in [3.05, 3.63) is 36.4 Å². The maximum absolute atomic E-state index is 10.4. The lowest BCUT2D eigenvalue weighted by atomic mass is 10.2. The lowest BCUT2D eigenvalue weighted by Gasteiger charge is -1.96. The Morgan fingerprint density at radius 3 is 3.06 bits per heavy atom. The summed E-state index contributed by atoms with van der Waals surface area (Å²) in [4.78, 5) is 14.3. The van der Waals surface area contributed by atoms with Crippen LogP contribution in [-0.2, 0) is 11.2 Å². The number of hydrogen-bond acceptors (Lipinski definition) is 4. The topological polar surface area (TPSA) is 80.9 Å². The van der Waals surface area contributed by atoms with Crippen LogP contribution in [0.5, 0.6) is 0 Å². The second-order valence-corrected chi connectivity index (χ2v) is 3.26. The standard InChI is InChI=1S/C10H10N4O2/c15-10(16)4-3-8-7-14(13-12-8)9-2-1-5-11-6-9/h1-2,5-7H,3-4H2,(H,15,16). The van der Waals surface area contributed by atoms with Gasteiger partial charge < -0.3 is 5.11 Å². The molecule has 0 aromatic carbocycles. The van der Waals surface area contributed by atoms with Crippen molar-refractivity contribution < 1.29 is 9.90 Å². The van der Waals surface area contributed by atoms with Gasteiger partial charge in [-0.15, -0.1) is 5.10 Å². The summed E-state index contributed by atoms with van der Waals surface area (Å²) in [7, 11) is 0. The Labute approximate surface area is 91.6 Å². The van der Waals surface area contributed by atoms with Crippen molar-refractivity contribution in [3.8, 4) is 5.69 Å². The number of hydrogen-bond donors (Lipinski definition) is 1. The Kier molecular flexibility index (Phi) is 2.90. The summed E-state index contributed by atoms with van der Waals surface area (Å²) in [5.41, 5.74) is 1.46. The van der Waals surface area contributed by atoms with Crippen LogP contribution in [0, 0.1) is 0 Å². The Morgan fingerprint density at radius 1 is 1.50 bits per heavy atom. The van der Waals surface area contributed by atoms with Gasteiger partial charge in [0.25, 0.3) is 0 Å². The maximum atomic E-state index is 10.4. The molecular formula is C10H10N4O2. The van der Waals surface area contributed by atoms with Gasteiger partial charge in [0.2, 0.25) is 0 Å². The summed E-state index contributed by atoms with van der Waals surface area (Å²) in [5, 5.41) is 16.3. The molecule has 0 saturated heterocycles. The second kappa shape index (κ2) is 4.52. The molecule has 0 amide bonds. The second-order valence-electron chi connectivity index (χ2n) is 3.26. The molecule has 0 atom stereocenters. The Morgan fingerprint density at radius 2 is 2.38 bits per heavy atom. The molecule has 0 unspecified atom stereocenters. The summed E-state index contributed by atoms with van der Waals surface area (Å²) in [5.74, 6) is -0.837. The van der Waals surface area contributed by atoms with Gasteiger partial charge in [0.1, 0.15) is 0 Å². The smallest absolute Gasteiger partial charge is 0.303 e. The average molecular weight is 218 g/mol. The van der Waals surface area contributed by atoms with Crippen molar-refractivity contribution in [1.82, 2.24) is 20.0 Å². The van der Waals surface area contributed by atoms with E-state index in [1.807, 2.05) is 6.07 Å². The fraction of sp³-hybridized carbons (Fsp3) is 0.200. The van der Waals surface area contributed by atoms with Gasteiger partial charge in [-0.3, -0.25) is 9.78 Å². The van der Waals surface area contributed by atoms with E-state index in [0.29, 0.717) is 12.1 Å². The third kappa shape index (κ3) is 2.41. The van der Waals surface area contributed by atoms with E-state index in [2.05, 4.69) is 15.3 Å². The van der Waals surface area contributed by atoms with E-state index < -0.39 is 5.97 Å². The first-order valence-electron chi connectivity index (χ1n) is 4.79. The number of carboxylic acids is 1. The minimum Gasteiger partial charge on any atom is -0.481 e. The predicted octanol–water partition coefficient (Wildman–Crippen LogP) is 0.679. The number of carboxylic acid groups (broad SMARTS) is 1. The number of carbonyl (C=O) groups is 1. The van der Waals surface area contributed by atoms with Gasteiger partial charge in [-0.05, 0) is 12.1 Å². The SMILES string of the molecule is O=C(O)CCc1cn(-c2cccnc2)nn1. The molecule has 0 aliphatic rings. The van der Waals surface area contributed by atoms with E-state index in [0.717, 1.165) is 5.69 Å². The first-order valence-corrected chi connectivity index (χ1v) is 4.79. The van der Waals surface area contributed by atoms with E-state index >= 15 is 0 Å². The third-order valence-corrected chi connectivity index (χ3v) is 2.05. The highest BCUT2D eigenvalue weighted by molar-refractivity contribution is 5.66. The Balaban J connectivity index is 2.11. The normalized spacial score (nSPS) is 10.2. The monoisotopic (exact) mass is 218 g/mol. The minimum absolute atomic E-state index is 0.0612. The van der Waals surface area contributed by atoms with Crippen molar-refractivity contribution in [1.29, 1.82) is 0 Å². The molecule has 2 aromatic heterocycles. The summed E-state index contributed by atoms with van der Waals surface area (Å²) >= 11 is 0. The summed E-state index contributed by atoms with van der Waals surface area (Å²) < 4.78 is 1.57. The van der Waals surface area contributed by atoms with Gasteiger partial charge in [0.05, 0.1) is 30.2 Å². The van der Waals surface area contributed by atoms with E-state index in [1.165, 1.54) is 0 Å². The Hall–Kier alpha value is -2.24. The van der Waals surface area contributed by atoms with Crippen LogP contribution in [0.4, 0.5) is 0 Å². The van der Waals surface area contributed by atoms with Crippen LogP contribution in [0.3, 0.4) is 0 Å². The molecule has 82 valence electrons. The minimum atomic E-state index is -0.837. The lowest BCUT2D eigenvalue weighted by Crippen LogP contribution is -1.97. The third-order valence-electron chi connectivity index (χ3n) is 2.05. The Bertz CT molecular complexity index is 481. The van der Waals surface area contributed by atoms with Crippen LogP contribution in [0.2, 0.25) is 0 Å². The van der Waals surface area contributed by atoms with Crippen molar-refractivity contribution in [2.75, 3.05) is 0 Å². The van der Waals surface area contributed by atoms with E-state index in [9.17, 15) is 4.79 Å². The zero-order chi connectivity index (χ0) is 11.4. The van der Waals surface area contributed by atoms with Crippen LogP contribution < -0.4 is 0 Å². The fourth-order valence-corrected chi connectivity index (χ4v) is 1.26. The molecule has 2 rings (SSSR count). The molecular weight excluding hydrogens is 208 g/mol. The van der Waals surface area contributed by atoms with Crippen LogP contribution in [0.15, 0.2) is 30.7 Å². The quantitative estimate of drug-likeness (QED) is 0.816. The highest BCUT2D eigenvalue weighted by Crippen LogP contribution is 2.05. The molecule has 2 aromatic rings. The highest BCUT2D eigenvalue weighted by atomic mass is 16.4. The molecule has 0 bridgehead atoms. The van der Waals surface area contributed by atoms with Gasteiger partial charge in [-0.2, -0.15) is 0 Å². The number of pyridine rings is 1. The molecule has 0 fully saturated rings. The van der Waals surface area contributed by atoms with Gasteiger partial charge in [-0.25, -0.2) is 4.68 Å². The average Bonchev–Trinajstić information content (AvgIpc) is 2.76. The fourth-order valence-electron chi connectivity index (χ4n) is 1.26.